The molecule has 6 nitrogen and oxygen atoms in total. The van der Waals surface area contributed by atoms with Crippen molar-refractivity contribution in [2.24, 2.45) is 5.73 Å². The Morgan fingerprint density at radius 1 is 1.43 bits per heavy atom. The lowest BCUT2D eigenvalue weighted by Gasteiger charge is -2.13. The van der Waals surface area contributed by atoms with Gasteiger partial charge >= 0.3 is 5.97 Å². The van der Waals surface area contributed by atoms with Crippen molar-refractivity contribution in [3.63, 3.8) is 0 Å². The van der Waals surface area contributed by atoms with Gasteiger partial charge in [-0.1, -0.05) is 11.6 Å². The summed E-state index contributed by atoms with van der Waals surface area (Å²) in [5, 5.41) is 11.3. The minimum Gasteiger partial charge on any atom is -0.480 e. The average molecular weight is 351 g/mol. The summed E-state index contributed by atoms with van der Waals surface area (Å²) < 4.78 is 0.687. The zero-order chi connectivity index (χ0) is 15.8. The van der Waals surface area contributed by atoms with Crippen LogP contribution in [0.4, 0.5) is 0 Å². The molecular formula is C12H15ClN2O4S2. The first kappa shape index (κ1) is 17.8. The molecule has 1 rings (SSSR count). The molecule has 0 unspecified atom stereocenters. The van der Waals surface area contributed by atoms with Crippen LogP contribution in [0.3, 0.4) is 0 Å². The number of hydrogen-bond acceptors (Lipinski definition) is 5. The monoisotopic (exact) mass is 350 g/mol. The first-order valence-electron chi connectivity index (χ1n) is 6.01. The van der Waals surface area contributed by atoms with Crippen molar-refractivity contribution >= 4 is 52.5 Å². The number of carbonyl (C=O) groups is 3. The van der Waals surface area contributed by atoms with Gasteiger partial charge < -0.3 is 16.2 Å². The van der Waals surface area contributed by atoms with Crippen molar-refractivity contribution in [3.05, 3.63) is 21.3 Å². The summed E-state index contributed by atoms with van der Waals surface area (Å²) in [5.41, 5.74) is 4.96. The highest BCUT2D eigenvalue weighted by Crippen LogP contribution is 2.24. The van der Waals surface area contributed by atoms with Crippen LogP contribution < -0.4 is 11.1 Å². The number of thioether (sulfide) groups is 1. The number of nitrogens with two attached hydrogens (primary N) is 1. The zero-order valence-electron chi connectivity index (χ0n) is 11.0. The molecule has 0 aliphatic rings. The van der Waals surface area contributed by atoms with E-state index in [1.54, 1.807) is 6.07 Å². The smallest absolute Gasteiger partial charge is 0.326 e. The lowest BCUT2D eigenvalue weighted by Crippen LogP contribution is -2.42. The predicted molar refractivity (Wildman–Crippen MR) is 83.5 cm³/mol. The summed E-state index contributed by atoms with van der Waals surface area (Å²) in [5.74, 6) is -1.40. The van der Waals surface area contributed by atoms with Crippen molar-refractivity contribution in [1.29, 1.82) is 0 Å². The number of hydrogen-bond donors (Lipinski definition) is 3. The summed E-state index contributed by atoms with van der Waals surface area (Å²) in [6.45, 7) is 0. The van der Waals surface area contributed by atoms with E-state index in [0.717, 1.165) is 4.88 Å². The quantitative estimate of drug-likeness (QED) is 0.624. The Hall–Kier alpha value is -1.25. The molecule has 0 fully saturated rings. The van der Waals surface area contributed by atoms with Crippen LogP contribution in [0.5, 0.6) is 0 Å². The van der Waals surface area contributed by atoms with Crippen molar-refractivity contribution in [2.75, 3.05) is 5.75 Å². The van der Waals surface area contributed by atoms with Crippen LogP contribution in [0.2, 0.25) is 4.34 Å². The SMILES string of the molecule is NC(=O)CC[C@@H](NC(=O)CSCc1ccc(Cl)s1)C(=O)O. The Morgan fingerprint density at radius 2 is 2.14 bits per heavy atom. The van der Waals surface area contributed by atoms with Crippen molar-refractivity contribution in [1.82, 2.24) is 5.32 Å². The van der Waals surface area contributed by atoms with Crippen LogP contribution in [-0.4, -0.2) is 34.7 Å². The molecule has 2 amide bonds. The van der Waals surface area contributed by atoms with Crippen LogP contribution >= 0.6 is 34.7 Å². The number of carbonyl (C=O) groups excluding carboxylic acids is 2. The molecule has 1 aromatic rings. The number of rotatable bonds is 9. The van der Waals surface area contributed by atoms with Gasteiger partial charge in [0.1, 0.15) is 6.04 Å². The molecule has 0 aromatic carbocycles. The van der Waals surface area contributed by atoms with E-state index in [0.29, 0.717) is 10.1 Å². The summed E-state index contributed by atoms with van der Waals surface area (Å²) in [7, 11) is 0. The maximum absolute atomic E-state index is 11.7. The molecule has 0 aliphatic carbocycles. The first-order chi connectivity index (χ1) is 9.88. The molecule has 4 N–H and O–H groups in total. The van der Waals surface area contributed by atoms with Crippen LogP contribution in [0.15, 0.2) is 12.1 Å². The topological polar surface area (TPSA) is 109 Å². The molecule has 116 valence electrons. The highest BCUT2D eigenvalue weighted by molar-refractivity contribution is 7.99. The molecule has 0 saturated heterocycles. The standard InChI is InChI=1S/C12H15ClN2O4S2/c13-9-3-1-7(21-9)5-20-6-11(17)15-8(12(18)19)2-4-10(14)16/h1,3,8H,2,4-6H2,(H2,14,16)(H,15,17)(H,18,19)/t8-/m1/s1. The van der Waals surface area contributed by atoms with E-state index in [2.05, 4.69) is 5.32 Å². The number of nitrogens with one attached hydrogen (secondary N) is 1. The fraction of sp³-hybridized carbons (Fsp3) is 0.417. The van der Waals surface area contributed by atoms with E-state index in [1.165, 1.54) is 23.1 Å². The second kappa shape index (κ2) is 8.91. The zero-order valence-corrected chi connectivity index (χ0v) is 13.4. The number of aliphatic carboxylic acids is 1. The Kier molecular flexibility index (Phi) is 7.55. The second-order valence-corrected chi connectivity index (χ2v) is 6.95. The van der Waals surface area contributed by atoms with Crippen molar-refractivity contribution in [2.45, 2.75) is 24.6 Å². The molecule has 0 spiro atoms. The Bertz CT molecular complexity index is 521. The Morgan fingerprint density at radius 3 is 2.67 bits per heavy atom. The normalized spacial score (nSPS) is 11.9. The highest BCUT2D eigenvalue weighted by Gasteiger charge is 2.20. The molecule has 1 atom stereocenters. The van der Waals surface area contributed by atoms with Gasteiger partial charge in [-0.25, -0.2) is 4.79 Å². The van der Waals surface area contributed by atoms with Gasteiger partial charge in [-0.3, -0.25) is 9.59 Å². The number of carboxylic acids is 1. The van der Waals surface area contributed by atoms with E-state index in [1.807, 2.05) is 6.07 Å². The van der Waals surface area contributed by atoms with Crippen molar-refractivity contribution in [3.8, 4) is 0 Å². The fourth-order valence-corrected chi connectivity index (χ4v) is 3.49. The number of amides is 2. The average Bonchev–Trinajstić information content (AvgIpc) is 2.79. The summed E-state index contributed by atoms with van der Waals surface area (Å²) >= 11 is 8.59. The molecular weight excluding hydrogens is 336 g/mol. The molecule has 0 saturated carbocycles. The second-order valence-electron chi connectivity index (χ2n) is 4.16. The minimum atomic E-state index is -1.18. The van der Waals surface area contributed by atoms with Gasteiger partial charge in [-0.2, -0.15) is 0 Å². The Labute approximate surface area is 135 Å². The van der Waals surface area contributed by atoms with E-state index in [4.69, 9.17) is 22.4 Å². The largest absolute Gasteiger partial charge is 0.480 e. The highest BCUT2D eigenvalue weighted by atomic mass is 35.5. The van der Waals surface area contributed by atoms with Crippen LogP contribution in [0.1, 0.15) is 17.7 Å². The molecule has 0 bridgehead atoms. The summed E-state index contributed by atoms with van der Waals surface area (Å²) in [6, 6.07) is 2.57. The molecule has 1 heterocycles. The van der Waals surface area contributed by atoms with Gasteiger partial charge in [0.05, 0.1) is 10.1 Å². The van der Waals surface area contributed by atoms with Gasteiger partial charge in [0.15, 0.2) is 0 Å². The van der Waals surface area contributed by atoms with Gasteiger partial charge in [0.2, 0.25) is 11.8 Å². The van der Waals surface area contributed by atoms with Gasteiger partial charge in [-0.15, -0.1) is 23.1 Å². The van der Waals surface area contributed by atoms with Gasteiger partial charge in [0, 0.05) is 17.1 Å². The van der Waals surface area contributed by atoms with Crippen LogP contribution in [0.25, 0.3) is 0 Å². The Balaban J connectivity index is 2.32. The maximum Gasteiger partial charge on any atom is 0.326 e. The third kappa shape index (κ3) is 7.35. The predicted octanol–water partition coefficient (Wildman–Crippen LogP) is 1.47. The molecule has 0 radical (unpaired) electrons. The molecule has 9 heteroatoms. The number of halogens is 1. The van der Waals surface area contributed by atoms with Gasteiger partial charge in [0.25, 0.3) is 0 Å². The number of thiophene rings is 1. The molecule has 21 heavy (non-hydrogen) atoms. The number of carboxylic acid groups (broad SMARTS) is 1. The fourth-order valence-electron chi connectivity index (χ4n) is 1.45. The van der Waals surface area contributed by atoms with Crippen LogP contribution in [-0.2, 0) is 20.1 Å². The lowest BCUT2D eigenvalue weighted by molar-refractivity contribution is -0.141. The van der Waals surface area contributed by atoms with E-state index in [-0.39, 0.29) is 24.5 Å². The van der Waals surface area contributed by atoms with Gasteiger partial charge in [-0.05, 0) is 18.6 Å². The summed E-state index contributed by atoms with van der Waals surface area (Å²) in [6.07, 6.45) is -0.0975. The third-order valence-electron chi connectivity index (χ3n) is 2.42. The molecule has 0 aliphatic heterocycles. The first-order valence-corrected chi connectivity index (χ1v) is 8.36. The maximum atomic E-state index is 11.7. The third-order valence-corrected chi connectivity index (χ3v) is 4.81. The van der Waals surface area contributed by atoms with Crippen LogP contribution in [0, 0.1) is 0 Å². The van der Waals surface area contributed by atoms with E-state index >= 15 is 0 Å². The number of primary amides is 1. The van der Waals surface area contributed by atoms with E-state index < -0.39 is 17.9 Å². The van der Waals surface area contributed by atoms with Crippen molar-refractivity contribution < 1.29 is 19.5 Å². The lowest BCUT2D eigenvalue weighted by atomic mass is 10.1. The molecule has 1 aromatic heterocycles. The minimum absolute atomic E-state index is 0.0123. The summed E-state index contributed by atoms with van der Waals surface area (Å²) in [4.78, 5) is 34.3. The van der Waals surface area contributed by atoms with E-state index in [9.17, 15) is 14.4 Å².